The summed E-state index contributed by atoms with van der Waals surface area (Å²) in [7, 11) is -2.91. The molecule has 0 bridgehead atoms. The second-order valence-electron chi connectivity index (χ2n) is 7.10. The number of carbonyl (C=O) groups excluding carboxylic acids is 1. The van der Waals surface area contributed by atoms with Crippen molar-refractivity contribution in [1.29, 1.82) is 0 Å². The fraction of sp³-hybridized carbons (Fsp3) is 0.750. The first kappa shape index (κ1) is 17.0. The predicted molar refractivity (Wildman–Crippen MR) is 93.3 cm³/mol. The first-order valence-electron chi connectivity index (χ1n) is 8.43. The van der Waals surface area contributed by atoms with Crippen molar-refractivity contribution in [3.8, 4) is 0 Å². The second-order valence-corrected chi connectivity index (χ2v) is 9.07. The van der Waals surface area contributed by atoms with Crippen LogP contribution in [0.15, 0.2) is 17.0 Å². The Morgan fingerprint density at radius 1 is 1.30 bits per heavy atom. The molecule has 0 aromatic heterocycles. The van der Waals surface area contributed by atoms with Crippen molar-refractivity contribution < 1.29 is 13.9 Å². The lowest BCUT2D eigenvalue weighted by molar-refractivity contribution is -0.125. The molecule has 0 aromatic rings. The lowest BCUT2D eigenvalue weighted by Crippen LogP contribution is -2.49. The van der Waals surface area contributed by atoms with Crippen LogP contribution in [0.3, 0.4) is 0 Å². The minimum atomic E-state index is -2.91. The van der Waals surface area contributed by atoms with Crippen LogP contribution >= 0.6 is 10.8 Å². The van der Waals surface area contributed by atoms with Crippen LogP contribution in [0.2, 0.25) is 0 Å². The van der Waals surface area contributed by atoms with Gasteiger partial charge in [0, 0.05) is 24.4 Å². The molecule has 7 heteroatoms. The molecule has 0 atom stereocenters. The highest BCUT2D eigenvalue weighted by molar-refractivity contribution is 8.24. The Labute approximate surface area is 139 Å². The van der Waals surface area contributed by atoms with Gasteiger partial charge in [-0.1, -0.05) is 26.3 Å². The van der Waals surface area contributed by atoms with E-state index in [9.17, 15) is 13.9 Å². The normalized spacial score (nSPS) is 32.5. The van der Waals surface area contributed by atoms with E-state index in [4.69, 9.17) is 4.99 Å². The maximum Gasteiger partial charge on any atom is 0.253 e. The molecular formula is C16H27N3O3S. The molecule has 0 radical (unpaired) electrons. The van der Waals surface area contributed by atoms with E-state index in [-0.39, 0.29) is 5.91 Å². The number of nitrogens with zero attached hydrogens (tertiary/aromatic N) is 2. The van der Waals surface area contributed by atoms with Crippen LogP contribution in [-0.4, -0.2) is 43.8 Å². The average molecular weight is 341 g/mol. The predicted octanol–water partition coefficient (Wildman–Crippen LogP) is 2.98. The summed E-state index contributed by atoms with van der Waals surface area (Å²) in [5, 5.41) is 4.21. The van der Waals surface area contributed by atoms with Crippen LogP contribution in [0.5, 0.6) is 0 Å². The Hall–Kier alpha value is -0.890. The Morgan fingerprint density at radius 3 is 2.48 bits per heavy atom. The quantitative estimate of drug-likeness (QED) is 0.737. The van der Waals surface area contributed by atoms with Crippen molar-refractivity contribution in [3.05, 3.63) is 12.0 Å². The summed E-state index contributed by atoms with van der Waals surface area (Å²) in [6.45, 7) is 6.65. The summed E-state index contributed by atoms with van der Waals surface area (Å²) in [6, 6.07) is 0. The van der Waals surface area contributed by atoms with Gasteiger partial charge in [0.2, 0.25) is 0 Å². The van der Waals surface area contributed by atoms with Gasteiger partial charge in [0.1, 0.15) is 11.4 Å². The van der Waals surface area contributed by atoms with Gasteiger partial charge in [-0.3, -0.25) is 18.9 Å². The number of carbonyl (C=O) groups is 1. The first-order valence-corrected chi connectivity index (χ1v) is 10.00. The summed E-state index contributed by atoms with van der Waals surface area (Å²) in [6.07, 6.45) is 5.63. The zero-order valence-corrected chi connectivity index (χ0v) is 14.5. The summed E-state index contributed by atoms with van der Waals surface area (Å²) in [5.41, 5.74) is -0.703. The molecule has 23 heavy (non-hydrogen) atoms. The minimum absolute atomic E-state index is 0.0131. The van der Waals surface area contributed by atoms with E-state index in [0.717, 1.165) is 24.6 Å². The monoisotopic (exact) mass is 341 g/mol. The van der Waals surface area contributed by atoms with Crippen molar-refractivity contribution >= 4 is 22.5 Å². The van der Waals surface area contributed by atoms with Crippen molar-refractivity contribution in [1.82, 2.24) is 9.62 Å². The largest absolute Gasteiger partial charge is 0.312 e. The summed E-state index contributed by atoms with van der Waals surface area (Å²) in [5.74, 6) is 2.00. The molecule has 1 aliphatic carbocycles. The van der Waals surface area contributed by atoms with E-state index in [1.165, 1.54) is 18.2 Å². The summed E-state index contributed by atoms with van der Waals surface area (Å²) < 4.78 is 21.5. The third-order valence-corrected chi connectivity index (χ3v) is 7.13. The molecule has 1 saturated carbocycles. The molecule has 1 saturated heterocycles. The van der Waals surface area contributed by atoms with Gasteiger partial charge in [0.25, 0.3) is 5.91 Å². The molecule has 2 heterocycles. The van der Waals surface area contributed by atoms with E-state index in [0.29, 0.717) is 31.8 Å². The molecule has 130 valence electrons. The number of rotatable bonds is 3. The fourth-order valence-electron chi connectivity index (χ4n) is 3.84. The number of nitrogens with one attached hydrogen (secondary N) is 1. The SMILES string of the molecule is C=CS(O)(O)N1CCC2(CC1)N=C(C1CCC(C)CC1)NC2=O. The van der Waals surface area contributed by atoms with Gasteiger partial charge in [-0.15, -0.1) is 10.8 Å². The number of hydrogen-bond acceptors (Lipinski definition) is 5. The smallest absolute Gasteiger partial charge is 0.253 e. The Bertz CT molecular complexity index is 519. The zero-order valence-electron chi connectivity index (χ0n) is 13.7. The standard InChI is InChI=1S/C16H27N3O3S/c1-3-23(21,22)19-10-8-16(9-11-19)15(20)17-14(18-16)13-6-4-12(2)5-7-13/h3,12-13,21-22H,1,4-11H2,2H3,(H,17,18,20). The number of amides is 1. The highest BCUT2D eigenvalue weighted by atomic mass is 32.3. The highest BCUT2D eigenvalue weighted by Gasteiger charge is 2.48. The highest BCUT2D eigenvalue weighted by Crippen LogP contribution is 2.47. The minimum Gasteiger partial charge on any atom is -0.312 e. The van der Waals surface area contributed by atoms with Crippen molar-refractivity contribution in [2.75, 3.05) is 13.1 Å². The number of piperidine rings is 1. The Kier molecular flexibility index (Phi) is 4.57. The third kappa shape index (κ3) is 3.20. The molecule has 6 nitrogen and oxygen atoms in total. The second kappa shape index (κ2) is 6.20. The Morgan fingerprint density at radius 2 is 1.91 bits per heavy atom. The maximum atomic E-state index is 12.5. The van der Waals surface area contributed by atoms with E-state index in [1.807, 2.05) is 0 Å². The van der Waals surface area contributed by atoms with Gasteiger partial charge in [-0.05, 0) is 31.6 Å². The van der Waals surface area contributed by atoms with Gasteiger partial charge >= 0.3 is 0 Å². The molecule has 3 N–H and O–H groups in total. The maximum absolute atomic E-state index is 12.5. The van der Waals surface area contributed by atoms with Crippen LogP contribution in [0.1, 0.15) is 45.4 Å². The van der Waals surface area contributed by atoms with Gasteiger partial charge in [0.05, 0.1) is 0 Å². The van der Waals surface area contributed by atoms with Crippen LogP contribution in [0.4, 0.5) is 0 Å². The first-order chi connectivity index (χ1) is 10.9. The van der Waals surface area contributed by atoms with Gasteiger partial charge in [-0.25, -0.2) is 4.31 Å². The lowest BCUT2D eigenvalue weighted by Gasteiger charge is -2.45. The molecule has 2 aliphatic heterocycles. The van der Waals surface area contributed by atoms with Crippen LogP contribution < -0.4 is 5.32 Å². The topological polar surface area (TPSA) is 85.2 Å². The molecule has 0 aromatic carbocycles. The van der Waals surface area contributed by atoms with Gasteiger partial charge < -0.3 is 5.32 Å². The van der Waals surface area contributed by atoms with Gasteiger partial charge in [-0.2, -0.15) is 0 Å². The van der Waals surface area contributed by atoms with E-state index >= 15 is 0 Å². The molecule has 3 aliphatic rings. The summed E-state index contributed by atoms with van der Waals surface area (Å²) >= 11 is 0. The molecule has 1 spiro atoms. The van der Waals surface area contributed by atoms with E-state index < -0.39 is 16.3 Å². The average Bonchev–Trinajstić information content (AvgIpc) is 2.85. The molecule has 3 rings (SSSR count). The summed E-state index contributed by atoms with van der Waals surface area (Å²) in [4.78, 5) is 17.3. The Balaban J connectivity index is 1.68. The van der Waals surface area contributed by atoms with Crippen molar-refractivity contribution in [3.63, 3.8) is 0 Å². The van der Waals surface area contributed by atoms with Crippen molar-refractivity contribution in [2.24, 2.45) is 16.8 Å². The van der Waals surface area contributed by atoms with Crippen molar-refractivity contribution in [2.45, 2.75) is 51.0 Å². The van der Waals surface area contributed by atoms with Gasteiger partial charge in [0.15, 0.2) is 0 Å². The molecule has 1 amide bonds. The number of hydrogen-bond donors (Lipinski definition) is 3. The van der Waals surface area contributed by atoms with E-state index in [1.54, 1.807) is 4.31 Å². The molecular weight excluding hydrogens is 314 g/mol. The number of aliphatic imine (C=N–C) groups is 1. The van der Waals surface area contributed by atoms with E-state index in [2.05, 4.69) is 18.8 Å². The third-order valence-electron chi connectivity index (χ3n) is 5.55. The molecule has 0 unspecified atom stereocenters. The molecule has 2 fully saturated rings. The fourth-order valence-corrected chi connectivity index (χ4v) is 4.77. The zero-order chi connectivity index (χ0) is 16.7. The van der Waals surface area contributed by atoms with Crippen LogP contribution in [-0.2, 0) is 4.79 Å². The van der Waals surface area contributed by atoms with Crippen LogP contribution in [0.25, 0.3) is 0 Å². The lowest BCUT2D eigenvalue weighted by atomic mass is 9.82. The number of amidine groups is 1. The van der Waals surface area contributed by atoms with Crippen LogP contribution in [0, 0.1) is 11.8 Å².